The number of hydrogen-bond donors (Lipinski definition) is 2. The molecule has 2 unspecified atom stereocenters. The molecule has 1 aliphatic rings. The third kappa shape index (κ3) is 2.16. The molecule has 2 amide bonds. The molecule has 1 aromatic rings. The summed E-state index contributed by atoms with van der Waals surface area (Å²) in [5, 5.41) is 0. The fourth-order valence-electron chi connectivity index (χ4n) is 2.55. The second kappa shape index (κ2) is 4.68. The van der Waals surface area contributed by atoms with E-state index in [0.29, 0.717) is 6.42 Å². The normalized spacial score (nSPS) is 22.4. The van der Waals surface area contributed by atoms with Crippen molar-refractivity contribution in [3.8, 4) is 0 Å². The predicted molar refractivity (Wildman–Crippen MR) is 69.0 cm³/mol. The van der Waals surface area contributed by atoms with Crippen molar-refractivity contribution in [2.75, 3.05) is 11.4 Å². The van der Waals surface area contributed by atoms with Crippen molar-refractivity contribution in [1.29, 1.82) is 0 Å². The maximum absolute atomic E-state index is 11.5. The Balaban J connectivity index is 2.44. The summed E-state index contributed by atoms with van der Waals surface area (Å²) in [6.45, 7) is 2.12. The first-order chi connectivity index (χ1) is 8.50. The van der Waals surface area contributed by atoms with E-state index in [1.165, 1.54) is 0 Å². The van der Waals surface area contributed by atoms with E-state index in [0.717, 1.165) is 11.3 Å². The molecule has 1 heterocycles. The molecule has 1 aliphatic heterocycles. The minimum atomic E-state index is -0.380. The molecule has 2 rings (SSSR count). The SMILES string of the molecule is CC1CC(C(N)=O)c2ccccc2N1CC(N)=O. The standard InChI is InChI=1S/C13H17N3O2/c1-8-6-10(13(15)18)9-4-2-3-5-11(9)16(8)7-12(14)17/h2-5,8,10H,6-7H2,1H3,(H2,14,17)(H2,15,18). The van der Waals surface area contributed by atoms with Gasteiger partial charge in [-0.2, -0.15) is 0 Å². The fraction of sp³-hybridized carbons (Fsp3) is 0.385. The van der Waals surface area contributed by atoms with Crippen molar-refractivity contribution in [2.45, 2.75) is 25.3 Å². The van der Waals surface area contributed by atoms with Crippen LogP contribution in [-0.4, -0.2) is 24.4 Å². The van der Waals surface area contributed by atoms with Gasteiger partial charge in [-0.25, -0.2) is 0 Å². The van der Waals surface area contributed by atoms with Gasteiger partial charge in [0.05, 0.1) is 12.5 Å². The zero-order valence-corrected chi connectivity index (χ0v) is 10.3. The summed E-state index contributed by atoms with van der Waals surface area (Å²) in [5.74, 6) is -0.998. The van der Waals surface area contributed by atoms with Crippen molar-refractivity contribution >= 4 is 17.5 Å². The lowest BCUT2D eigenvalue weighted by molar-refractivity contribution is -0.119. The Kier molecular flexibility index (Phi) is 3.23. The molecule has 0 radical (unpaired) electrons. The lowest BCUT2D eigenvalue weighted by atomic mass is 9.85. The molecule has 0 bridgehead atoms. The molecule has 0 fully saturated rings. The summed E-state index contributed by atoms with van der Waals surface area (Å²) >= 11 is 0. The summed E-state index contributed by atoms with van der Waals surface area (Å²) in [6, 6.07) is 7.58. The molecule has 2 atom stereocenters. The average Bonchev–Trinajstić information content (AvgIpc) is 2.31. The first kappa shape index (κ1) is 12.4. The molecule has 5 nitrogen and oxygen atoms in total. The van der Waals surface area contributed by atoms with E-state index in [9.17, 15) is 9.59 Å². The van der Waals surface area contributed by atoms with Crippen LogP contribution < -0.4 is 16.4 Å². The number of anilines is 1. The number of benzene rings is 1. The molecule has 0 saturated heterocycles. The molecular weight excluding hydrogens is 230 g/mol. The highest BCUT2D eigenvalue weighted by Crippen LogP contribution is 2.37. The number of para-hydroxylation sites is 1. The van der Waals surface area contributed by atoms with Crippen LogP contribution in [-0.2, 0) is 9.59 Å². The number of amides is 2. The zero-order chi connectivity index (χ0) is 13.3. The van der Waals surface area contributed by atoms with E-state index in [1.54, 1.807) is 0 Å². The molecule has 0 saturated carbocycles. The van der Waals surface area contributed by atoms with Crippen LogP contribution in [0.3, 0.4) is 0 Å². The predicted octanol–water partition coefficient (Wildman–Crippen LogP) is 0.339. The van der Waals surface area contributed by atoms with Crippen LogP contribution in [0.15, 0.2) is 24.3 Å². The van der Waals surface area contributed by atoms with E-state index in [4.69, 9.17) is 11.5 Å². The van der Waals surface area contributed by atoms with E-state index in [-0.39, 0.29) is 30.3 Å². The van der Waals surface area contributed by atoms with E-state index in [1.807, 2.05) is 36.1 Å². The first-order valence-electron chi connectivity index (χ1n) is 5.94. The highest BCUT2D eigenvalue weighted by molar-refractivity contribution is 5.87. The Hall–Kier alpha value is -2.04. The quantitative estimate of drug-likeness (QED) is 0.807. The number of carbonyl (C=O) groups is 2. The van der Waals surface area contributed by atoms with Gasteiger partial charge in [-0.1, -0.05) is 18.2 Å². The van der Waals surface area contributed by atoms with Crippen LogP contribution in [0.1, 0.15) is 24.8 Å². The van der Waals surface area contributed by atoms with Crippen molar-refractivity contribution in [3.63, 3.8) is 0 Å². The minimum Gasteiger partial charge on any atom is -0.369 e. The van der Waals surface area contributed by atoms with Gasteiger partial charge in [0.25, 0.3) is 0 Å². The minimum absolute atomic E-state index is 0.0601. The Labute approximate surface area is 106 Å². The summed E-state index contributed by atoms with van der Waals surface area (Å²) < 4.78 is 0. The molecule has 5 heteroatoms. The molecule has 0 spiro atoms. The van der Waals surface area contributed by atoms with Gasteiger partial charge in [-0.15, -0.1) is 0 Å². The molecule has 0 aromatic heterocycles. The molecule has 96 valence electrons. The van der Waals surface area contributed by atoms with Crippen LogP contribution in [0.25, 0.3) is 0 Å². The molecular formula is C13H17N3O2. The van der Waals surface area contributed by atoms with Gasteiger partial charge in [0, 0.05) is 11.7 Å². The van der Waals surface area contributed by atoms with Gasteiger partial charge in [-0.05, 0) is 25.0 Å². The van der Waals surface area contributed by atoms with Gasteiger partial charge in [0.1, 0.15) is 0 Å². The van der Waals surface area contributed by atoms with Crippen molar-refractivity contribution < 1.29 is 9.59 Å². The fourth-order valence-corrected chi connectivity index (χ4v) is 2.55. The third-order valence-electron chi connectivity index (χ3n) is 3.40. The zero-order valence-electron chi connectivity index (χ0n) is 10.3. The van der Waals surface area contributed by atoms with Gasteiger partial charge in [0.2, 0.25) is 11.8 Å². The molecule has 4 N–H and O–H groups in total. The Morgan fingerprint density at radius 3 is 2.61 bits per heavy atom. The average molecular weight is 247 g/mol. The van der Waals surface area contributed by atoms with Crippen LogP contribution in [0.2, 0.25) is 0 Å². The Bertz CT molecular complexity index is 487. The summed E-state index contributed by atoms with van der Waals surface area (Å²) in [7, 11) is 0. The maximum atomic E-state index is 11.5. The number of primary amides is 2. The number of hydrogen-bond acceptors (Lipinski definition) is 3. The lowest BCUT2D eigenvalue weighted by Gasteiger charge is -2.39. The van der Waals surface area contributed by atoms with Crippen LogP contribution in [0.5, 0.6) is 0 Å². The second-order valence-corrected chi connectivity index (χ2v) is 4.69. The van der Waals surface area contributed by atoms with Gasteiger partial charge in [-0.3, -0.25) is 9.59 Å². The highest BCUT2D eigenvalue weighted by Gasteiger charge is 2.33. The van der Waals surface area contributed by atoms with Crippen molar-refractivity contribution in [1.82, 2.24) is 0 Å². The number of fused-ring (bicyclic) bond motifs is 1. The van der Waals surface area contributed by atoms with Crippen molar-refractivity contribution in [3.05, 3.63) is 29.8 Å². The van der Waals surface area contributed by atoms with E-state index in [2.05, 4.69) is 0 Å². The number of carbonyl (C=O) groups excluding carboxylic acids is 2. The van der Waals surface area contributed by atoms with Gasteiger partial charge < -0.3 is 16.4 Å². The van der Waals surface area contributed by atoms with Gasteiger partial charge >= 0.3 is 0 Å². The highest BCUT2D eigenvalue weighted by atomic mass is 16.1. The first-order valence-corrected chi connectivity index (χ1v) is 5.94. The molecule has 1 aromatic carbocycles. The topological polar surface area (TPSA) is 89.4 Å². The number of rotatable bonds is 3. The number of nitrogens with zero attached hydrogens (tertiary/aromatic N) is 1. The molecule has 18 heavy (non-hydrogen) atoms. The van der Waals surface area contributed by atoms with E-state index < -0.39 is 0 Å². The van der Waals surface area contributed by atoms with Crippen LogP contribution in [0, 0.1) is 0 Å². The smallest absolute Gasteiger partial charge is 0.236 e. The molecule has 0 aliphatic carbocycles. The van der Waals surface area contributed by atoms with Gasteiger partial charge in [0.15, 0.2) is 0 Å². The second-order valence-electron chi connectivity index (χ2n) is 4.69. The lowest BCUT2D eigenvalue weighted by Crippen LogP contribution is -2.45. The van der Waals surface area contributed by atoms with Crippen molar-refractivity contribution in [2.24, 2.45) is 11.5 Å². The van der Waals surface area contributed by atoms with Crippen LogP contribution in [0.4, 0.5) is 5.69 Å². The Morgan fingerprint density at radius 2 is 2.00 bits per heavy atom. The summed E-state index contributed by atoms with van der Waals surface area (Å²) in [5.41, 5.74) is 12.5. The third-order valence-corrected chi connectivity index (χ3v) is 3.40. The summed E-state index contributed by atoms with van der Waals surface area (Å²) in [6.07, 6.45) is 0.611. The Morgan fingerprint density at radius 1 is 1.33 bits per heavy atom. The number of nitrogens with two attached hydrogens (primary N) is 2. The maximum Gasteiger partial charge on any atom is 0.236 e. The summed E-state index contributed by atoms with van der Waals surface area (Å²) in [4.78, 5) is 24.6. The largest absolute Gasteiger partial charge is 0.369 e. The van der Waals surface area contributed by atoms with E-state index >= 15 is 0 Å². The van der Waals surface area contributed by atoms with Crippen LogP contribution >= 0.6 is 0 Å². The monoisotopic (exact) mass is 247 g/mol.